The minimum atomic E-state index is -0.943. The molecule has 194 valence electrons. The third kappa shape index (κ3) is 5.99. The first kappa shape index (κ1) is 27.2. The van der Waals surface area contributed by atoms with Crippen LogP contribution < -0.4 is 20.3 Å². The summed E-state index contributed by atoms with van der Waals surface area (Å²) in [6, 6.07) is 13.3. The van der Waals surface area contributed by atoms with E-state index in [1.165, 1.54) is 42.5 Å². The lowest BCUT2D eigenvalue weighted by molar-refractivity contribution is -0.122. The molecule has 1 heterocycles. The number of barbiturate groups is 1. The van der Waals surface area contributed by atoms with E-state index in [-0.39, 0.29) is 39.2 Å². The molecule has 0 saturated carbocycles. The Labute approximate surface area is 233 Å². The first-order valence-electron chi connectivity index (χ1n) is 11.2. The highest BCUT2D eigenvalue weighted by molar-refractivity contribution is 6.43. The fourth-order valence-electron chi connectivity index (χ4n) is 3.59. The number of amides is 5. The Morgan fingerprint density at radius 2 is 1.71 bits per heavy atom. The number of anilines is 2. The van der Waals surface area contributed by atoms with Gasteiger partial charge in [-0.1, -0.05) is 40.9 Å². The topological polar surface area (TPSA) is 105 Å². The molecular formula is C27H20Cl3N3O5. The van der Waals surface area contributed by atoms with Crippen LogP contribution in [0.4, 0.5) is 16.2 Å². The Kier molecular flexibility index (Phi) is 8.06. The van der Waals surface area contributed by atoms with E-state index in [9.17, 15) is 19.2 Å². The molecule has 0 spiro atoms. The maximum absolute atomic E-state index is 13.2. The number of aryl methyl sites for hydroxylation is 2. The molecule has 0 radical (unpaired) electrons. The molecule has 4 rings (SSSR count). The molecule has 0 aromatic heterocycles. The molecule has 1 saturated heterocycles. The molecule has 0 atom stereocenters. The summed E-state index contributed by atoms with van der Waals surface area (Å²) in [5.74, 6) is -2.02. The first-order valence-corrected chi connectivity index (χ1v) is 12.3. The number of imide groups is 2. The van der Waals surface area contributed by atoms with Gasteiger partial charge in [0.1, 0.15) is 11.3 Å². The van der Waals surface area contributed by atoms with Crippen molar-refractivity contribution < 1.29 is 23.9 Å². The van der Waals surface area contributed by atoms with Crippen LogP contribution >= 0.6 is 34.8 Å². The summed E-state index contributed by atoms with van der Waals surface area (Å²) in [5.41, 5.74) is 2.75. The van der Waals surface area contributed by atoms with Crippen LogP contribution in [0.5, 0.6) is 5.75 Å². The minimum Gasteiger partial charge on any atom is -0.483 e. The van der Waals surface area contributed by atoms with Gasteiger partial charge in [0, 0.05) is 16.3 Å². The Balaban J connectivity index is 1.58. The molecule has 1 aliphatic heterocycles. The van der Waals surface area contributed by atoms with Gasteiger partial charge in [0.25, 0.3) is 17.7 Å². The third-order valence-electron chi connectivity index (χ3n) is 5.68. The number of nitrogens with one attached hydrogen (secondary N) is 2. The van der Waals surface area contributed by atoms with E-state index in [4.69, 9.17) is 39.5 Å². The molecule has 11 heteroatoms. The van der Waals surface area contributed by atoms with Crippen LogP contribution in [0, 0.1) is 13.8 Å². The number of halogens is 3. The van der Waals surface area contributed by atoms with Gasteiger partial charge < -0.3 is 10.1 Å². The zero-order chi connectivity index (χ0) is 27.6. The summed E-state index contributed by atoms with van der Waals surface area (Å²) in [6.07, 6.45) is 1.23. The lowest BCUT2D eigenvalue weighted by atomic mass is 10.1. The SMILES string of the molecule is Cc1ccc(NC(=O)COc2ccc(Cl)cc2/C=C2/C(=O)NC(=O)N(c3ccc(Cl)c(Cl)c3)C2=O)cc1C. The van der Waals surface area contributed by atoms with E-state index in [1.54, 1.807) is 6.07 Å². The summed E-state index contributed by atoms with van der Waals surface area (Å²) in [7, 11) is 0. The normalized spacial score (nSPS) is 14.5. The molecule has 1 fully saturated rings. The Morgan fingerprint density at radius 1 is 0.947 bits per heavy atom. The smallest absolute Gasteiger partial charge is 0.335 e. The molecule has 0 unspecified atom stereocenters. The van der Waals surface area contributed by atoms with E-state index in [0.29, 0.717) is 10.7 Å². The molecule has 2 N–H and O–H groups in total. The van der Waals surface area contributed by atoms with Gasteiger partial charge in [0.15, 0.2) is 6.61 Å². The summed E-state index contributed by atoms with van der Waals surface area (Å²) in [6.45, 7) is 3.56. The van der Waals surface area contributed by atoms with Gasteiger partial charge in [-0.05, 0) is 79.6 Å². The Morgan fingerprint density at radius 3 is 2.42 bits per heavy atom. The van der Waals surface area contributed by atoms with Crippen LogP contribution in [-0.4, -0.2) is 30.4 Å². The van der Waals surface area contributed by atoms with Crippen LogP contribution in [-0.2, 0) is 14.4 Å². The minimum absolute atomic E-state index is 0.117. The highest BCUT2D eigenvalue weighted by Crippen LogP contribution is 2.31. The third-order valence-corrected chi connectivity index (χ3v) is 6.66. The highest BCUT2D eigenvalue weighted by atomic mass is 35.5. The molecule has 3 aromatic carbocycles. The zero-order valence-corrected chi connectivity index (χ0v) is 22.4. The molecule has 0 bridgehead atoms. The van der Waals surface area contributed by atoms with E-state index < -0.39 is 23.8 Å². The van der Waals surface area contributed by atoms with Crippen molar-refractivity contribution in [3.63, 3.8) is 0 Å². The number of ether oxygens (including phenoxy) is 1. The van der Waals surface area contributed by atoms with Crippen LogP contribution in [0.2, 0.25) is 15.1 Å². The van der Waals surface area contributed by atoms with Crippen LogP contribution in [0.3, 0.4) is 0 Å². The van der Waals surface area contributed by atoms with Gasteiger partial charge in [0.05, 0.1) is 15.7 Å². The zero-order valence-electron chi connectivity index (χ0n) is 20.1. The largest absolute Gasteiger partial charge is 0.483 e. The van der Waals surface area contributed by atoms with Crippen molar-refractivity contribution in [3.8, 4) is 5.75 Å². The van der Waals surface area contributed by atoms with Crippen molar-refractivity contribution in [1.82, 2.24) is 5.32 Å². The number of carbonyl (C=O) groups is 4. The maximum Gasteiger partial charge on any atom is 0.335 e. The fourth-order valence-corrected chi connectivity index (χ4v) is 4.07. The monoisotopic (exact) mass is 571 g/mol. The second-order valence-electron chi connectivity index (χ2n) is 8.37. The van der Waals surface area contributed by atoms with Crippen molar-refractivity contribution in [2.24, 2.45) is 0 Å². The van der Waals surface area contributed by atoms with Gasteiger partial charge in [-0.3, -0.25) is 19.7 Å². The van der Waals surface area contributed by atoms with Crippen molar-refractivity contribution in [2.75, 3.05) is 16.8 Å². The van der Waals surface area contributed by atoms with E-state index in [2.05, 4.69) is 10.6 Å². The van der Waals surface area contributed by atoms with Gasteiger partial charge in [0.2, 0.25) is 0 Å². The van der Waals surface area contributed by atoms with Gasteiger partial charge >= 0.3 is 6.03 Å². The average Bonchev–Trinajstić information content (AvgIpc) is 2.85. The van der Waals surface area contributed by atoms with Gasteiger partial charge in [-0.25, -0.2) is 9.69 Å². The highest BCUT2D eigenvalue weighted by Gasteiger charge is 2.37. The molecule has 3 aromatic rings. The van der Waals surface area contributed by atoms with Crippen molar-refractivity contribution in [2.45, 2.75) is 13.8 Å². The number of nitrogens with zero attached hydrogens (tertiary/aromatic N) is 1. The molecule has 5 amide bonds. The average molecular weight is 573 g/mol. The Bertz CT molecular complexity index is 1520. The number of benzene rings is 3. The second-order valence-corrected chi connectivity index (χ2v) is 9.63. The number of hydrogen-bond acceptors (Lipinski definition) is 5. The van der Waals surface area contributed by atoms with Crippen LogP contribution in [0.15, 0.2) is 60.2 Å². The number of carbonyl (C=O) groups excluding carboxylic acids is 4. The Hall–Kier alpha value is -3.85. The summed E-state index contributed by atoms with van der Waals surface area (Å²) < 4.78 is 5.68. The lowest BCUT2D eigenvalue weighted by Crippen LogP contribution is -2.54. The summed E-state index contributed by atoms with van der Waals surface area (Å²) >= 11 is 18.1. The first-order chi connectivity index (χ1) is 18.0. The van der Waals surface area contributed by atoms with Gasteiger partial charge in [-0.15, -0.1) is 0 Å². The van der Waals surface area contributed by atoms with Crippen LogP contribution in [0.1, 0.15) is 16.7 Å². The van der Waals surface area contributed by atoms with E-state index >= 15 is 0 Å². The molecule has 38 heavy (non-hydrogen) atoms. The fraction of sp³-hybridized carbons (Fsp3) is 0.111. The van der Waals surface area contributed by atoms with Crippen molar-refractivity contribution in [3.05, 3.63) is 91.9 Å². The number of urea groups is 1. The standard InChI is InChI=1S/C27H20Cl3N3O5/c1-14-3-5-18(9-15(14)2)31-24(34)13-38-23-8-4-17(28)10-16(23)11-20-25(35)32-27(37)33(26(20)36)19-6-7-21(29)22(30)12-19/h3-12H,13H2,1-2H3,(H,31,34)(H,32,35,37)/b20-11-. The van der Waals surface area contributed by atoms with Crippen LogP contribution in [0.25, 0.3) is 6.08 Å². The quantitative estimate of drug-likeness (QED) is 0.281. The predicted molar refractivity (Wildman–Crippen MR) is 147 cm³/mol. The molecule has 0 aliphatic carbocycles. The number of hydrogen-bond donors (Lipinski definition) is 2. The maximum atomic E-state index is 13.2. The molecular weight excluding hydrogens is 553 g/mol. The van der Waals surface area contributed by atoms with Crippen molar-refractivity contribution in [1.29, 1.82) is 0 Å². The van der Waals surface area contributed by atoms with E-state index in [0.717, 1.165) is 16.0 Å². The summed E-state index contributed by atoms with van der Waals surface area (Å²) in [4.78, 5) is 51.5. The molecule has 1 aliphatic rings. The second kappa shape index (κ2) is 11.3. The number of rotatable bonds is 6. The van der Waals surface area contributed by atoms with Gasteiger partial charge in [-0.2, -0.15) is 0 Å². The van der Waals surface area contributed by atoms with E-state index in [1.807, 2.05) is 26.0 Å². The van der Waals surface area contributed by atoms with Crippen molar-refractivity contribution >= 4 is 76.0 Å². The summed E-state index contributed by atoms with van der Waals surface area (Å²) in [5, 5.41) is 5.53. The molecule has 8 nitrogen and oxygen atoms in total. The predicted octanol–water partition coefficient (Wildman–Crippen LogP) is 5.95. The lowest BCUT2D eigenvalue weighted by Gasteiger charge is -2.26.